The van der Waals surface area contributed by atoms with Crippen molar-refractivity contribution in [3.05, 3.63) is 11.6 Å². The van der Waals surface area contributed by atoms with Crippen LogP contribution in [0.15, 0.2) is 11.6 Å². The monoisotopic (exact) mass is 142 g/mol. The SMILES string of the molecule is CC(C)=CCC(C)(C)NN. The molecule has 0 aromatic carbocycles. The smallest absolute Gasteiger partial charge is 0.0299 e. The van der Waals surface area contributed by atoms with Gasteiger partial charge in [-0.25, -0.2) is 0 Å². The average molecular weight is 142 g/mol. The lowest BCUT2D eigenvalue weighted by atomic mass is 10.0. The highest BCUT2D eigenvalue weighted by Gasteiger charge is 2.11. The molecule has 0 amide bonds. The maximum absolute atomic E-state index is 5.31. The highest BCUT2D eigenvalue weighted by atomic mass is 15.3. The van der Waals surface area contributed by atoms with Gasteiger partial charge in [0.25, 0.3) is 0 Å². The van der Waals surface area contributed by atoms with E-state index in [0.717, 1.165) is 6.42 Å². The Hall–Kier alpha value is -0.340. The van der Waals surface area contributed by atoms with Crippen molar-refractivity contribution in [3.63, 3.8) is 0 Å². The summed E-state index contributed by atoms with van der Waals surface area (Å²) in [6.45, 7) is 8.33. The maximum Gasteiger partial charge on any atom is 0.0299 e. The molecule has 2 nitrogen and oxygen atoms in total. The van der Waals surface area contributed by atoms with Crippen molar-refractivity contribution in [3.8, 4) is 0 Å². The molecule has 60 valence electrons. The van der Waals surface area contributed by atoms with Crippen molar-refractivity contribution in [1.29, 1.82) is 0 Å². The molecule has 0 aliphatic heterocycles. The van der Waals surface area contributed by atoms with Crippen LogP contribution in [-0.4, -0.2) is 5.54 Å². The Labute approximate surface area is 63.5 Å². The van der Waals surface area contributed by atoms with Gasteiger partial charge in [-0.05, 0) is 34.1 Å². The van der Waals surface area contributed by atoms with E-state index in [1.165, 1.54) is 5.57 Å². The fraction of sp³-hybridized carbons (Fsp3) is 0.750. The zero-order chi connectivity index (χ0) is 8.20. The summed E-state index contributed by atoms with van der Waals surface area (Å²) in [6, 6.07) is 0. The average Bonchev–Trinajstić information content (AvgIpc) is 1.85. The Morgan fingerprint density at radius 3 is 2.30 bits per heavy atom. The summed E-state index contributed by atoms with van der Waals surface area (Å²) in [6.07, 6.45) is 3.16. The second kappa shape index (κ2) is 3.74. The molecule has 0 saturated carbocycles. The third-order valence-corrected chi connectivity index (χ3v) is 1.41. The summed E-state index contributed by atoms with van der Waals surface area (Å²) in [5.74, 6) is 5.31. The van der Waals surface area contributed by atoms with E-state index >= 15 is 0 Å². The Morgan fingerprint density at radius 2 is 2.00 bits per heavy atom. The minimum atomic E-state index is 0.0251. The minimum absolute atomic E-state index is 0.0251. The van der Waals surface area contributed by atoms with Gasteiger partial charge in [-0.3, -0.25) is 11.3 Å². The van der Waals surface area contributed by atoms with Gasteiger partial charge < -0.3 is 0 Å². The topological polar surface area (TPSA) is 38.0 Å². The van der Waals surface area contributed by atoms with E-state index in [9.17, 15) is 0 Å². The zero-order valence-electron chi connectivity index (χ0n) is 7.36. The van der Waals surface area contributed by atoms with Gasteiger partial charge in [0.15, 0.2) is 0 Å². The highest BCUT2D eigenvalue weighted by Crippen LogP contribution is 2.08. The Morgan fingerprint density at radius 1 is 1.50 bits per heavy atom. The van der Waals surface area contributed by atoms with Crippen molar-refractivity contribution in [1.82, 2.24) is 5.43 Å². The number of allylic oxidation sites excluding steroid dienone is 1. The van der Waals surface area contributed by atoms with Crippen LogP contribution in [0.5, 0.6) is 0 Å². The first-order chi connectivity index (χ1) is 4.48. The second-order valence-corrected chi connectivity index (χ2v) is 3.51. The van der Waals surface area contributed by atoms with E-state index in [0.29, 0.717) is 0 Å². The van der Waals surface area contributed by atoms with Crippen molar-refractivity contribution in [2.24, 2.45) is 5.84 Å². The molecule has 0 bridgehead atoms. The predicted molar refractivity (Wildman–Crippen MR) is 45.5 cm³/mol. The summed E-state index contributed by atoms with van der Waals surface area (Å²) < 4.78 is 0. The molecule has 0 aliphatic rings. The molecule has 3 N–H and O–H groups in total. The standard InChI is InChI=1S/C8H18N2/c1-7(2)5-6-8(3,4)10-9/h5,10H,6,9H2,1-4H3. The molecule has 0 atom stereocenters. The number of nitrogens with one attached hydrogen (secondary N) is 1. The Bertz CT molecular complexity index is 121. The van der Waals surface area contributed by atoms with Crippen molar-refractivity contribution in [2.75, 3.05) is 0 Å². The first-order valence-corrected chi connectivity index (χ1v) is 3.59. The van der Waals surface area contributed by atoms with E-state index in [4.69, 9.17) is 5.84 Å². The van der Waals surface area contributed by atoms with Crippen LogP contribution in [0.4, 0.5) is 0 Å². The summed E-state index contributed by atoms with van der Waals surface area (Å²) in [7, 11) is 0. The van der Waals surface area contributed by atoms with Crippen LogP contribution < -0.4 is 11.3 Å². The lowest BCUT2D eigenvalue weighted by molar-refractivity contribution is 0.402. The van der Waals surface area contributed by atoms with Crippen molar-refractivity contribution in [2.45, 2.75) is 39.7 Å². The van der Waals surface area contributed by atoms with Gasteiger partial charge in [0.1, 0.15) is 0 Å². The zero-order valence-corrected chi connectivity index (χ0v) is 7.36. The van der Waals surface area contributed by atoms with Gasteiger partial charge >= 0.3 is 0 Å². The molecule has 0 aromatic heterocycles. The highest BCUT2D eigenvalue weighted by molar-refractivity contribution is 4.97. The quantitative estimate of drug-likeness (QED) is 0.357. The second-order valence-electron chi connectivity index (χ2n) is 3.51. The van der Waals surface area contributed by atoms with Gasteiger partial charge in [-0.15, -0.1) is 0 Å². The molecular formula is C8H18N2. The number of hydrazine groups is 1. The summed E-state index contributed by atoms with van der Waals surface area (Å²) in [4.78, 5) is 0. The summed E-state index contributed by atoms with van der Waals surface area (Å²) >= 11 is 0. The molecule has 0 heterocycles. The molecule has 0 rings (SSSR count). The fourth-order valence-electron chi connectivity index (χ4n) is 0.518. The summed E-state index contributed by atoms with van der Waals surface area (Å²) in [5, 5.41) is 0. The molecule has 0 unspecified atom stereocenters. The van der Waals surface area contributed by atoms with E-state index in [1.54, 1.807) is 0 Å². The molecule has 2 heteroatoms. The fourth-order valence-corrected chi connectivity index (χ4v) is 0.518. The molecule has 0 aliphatic carbocycles. The largest absolute Gasteiger partial charge is 0.271 e. The molecule has 0 radical (unpaired) electrons. The molecule has 0 spiro atoms. The van der Waals surface area contributed by atoms with E-state index in [-0.39, 0.29) is 5.54 Å². The maximum atomic E-state index is 5.31. The lowest BCUT2D eigenvalue weighted by Crippen LogP contribution is -2.43. The van der Waals surface area contributed by atoms with Crippen LogP contribution in [0.2, 0.25) is 0 Å². The van der Waals surface area contributed by atoms with Gasteiger partial charge in [0.2, 0.25) is 0 Å². The van der Waals surface area contributed by atoms with Crippen LogP contribution in [0.25, 0.3) is 0 Å². The van der Waals surface area contributed by atoms with Crippen LogP contribution in [-0.2, 0) is 0 Å². The molecule has 0 saturated heterocycles. The number of nitrogens with two attached hydrogens (primary N) is 1. The lowest BCUT2D eigenvalue weighted by Gasteiger charge is -2.21. The van der Waals surface area contributed by atoms with Gasteiger partial charge in [0.05, 0.1) is 0 Å². The number of hydrogen-bond acceptors (Lipinski definition) is 2. The van der Waals surface area contributed by atoms with E-state index < -0.39 is 0 Å². The number of rotatable bonds is 3. The third kappa shape index (κ3) is 4.53. The third-order valence-electron chi connectivity index (χ3n) is 1.41. The molecule has 10 heavy (non-hydrogen) atoms. The van der Waals surface area contributed by atoms with Gasteiger partial charge in [-0.2, -0.15) is 0 Å². The Balaban J connectivity index is 3.78. The summed E-state index contributed by atoms with van der Waals surface area (Å²) in [5.41, 5.74) is 4.11. The van der Waals surface area contributed by atoms with Gasteiger partial charge in [-0.1, -0.05) is 11.6 Å². The van der Waals surface area contributed by atoms with Crippen LogP contribution in [0.3, 0.4) is 0 Å². The minimum Gasteiger partial charge on any atom is -0.271 e. The van der Waals surface area contributed by atoms with Crippen LogP contribution >= 0.6 is 0 Å². The van der Waals surface area contributed by atoms with Gasteiger partial charge in [0, 0.05) is 5.54 Å². The predicted octanol–water partition coefficient (Wildman–Crippen LogP) is 1.58. The van der Waals surface area contributed by atoms with Crippen molar-refractivity contribution >= 4 is 0 Å². The van der Waals surface area contributed by atoms with E-state index in [2.05, 4.69) is 39.2 Å². The van der Waals surface area contributed by atoms with Crippen molar-refractivity contribution < 1.29 is 0 Å². The first-order valence-electron chi connectivity index (χ1n) is 3.59. The van der Waals surface area contributed by atoms with Crippen LogP contribution in [0, 0.1) is 0 Å². The van der Waals surface area contributed by atoms with Crippen LogP contribution in [0.1, 0.15) is 34.1 Å². The number of hydrogen-bond donors (Lipinski definition) is 2. The molecule has 0 aromatic rings. The Kier molecular flexibility index (Phi) is 3.61. The molecule has 0 fully saturated rings. The first kappa shape index (κ1) is 9.66. The van der Waals surface area contributed by atoms with E-state index in [1.807, 2.05) is 0 Å². The molecular weight excluding hydrogens is 124 g/mol. The normalized spacial score (nSPS) is 11.3.